The van der Waals surface area contributed by atoms with E-state index in [1.165, 1.54) is 54.6 Å². The van der Waals surface area contributed by atoms with Crippen LogP contribution in [-0.2, 0) is 6.42 Å². The number of allylic oxidation sites excluding steroid dienone is 5. The first-order chi connectivity index (χ1) is 19.2. The Hall–Kier alpha value is -4.16. The van der Waals surface area contributed by atoms with Crippen LogP contribution in [0.3, 0.4) is 0 Å². The predicted molar refractivity (Wildman–Crippen MR) is 179 cm³/mol. The highest BCUT2D eigenvalue weighted by atomic mass is 14.1. The Morgan fingerprint density at radius 3 is 2.03 bits per heavy atom. The molecule has 0 aromatic heterocycles. The molecule has 0 radical (unpaired) electrons. The minimum absolute atomic E-state index is 0.857. The Morgan fingerprint density at radius 1 is 0.641 bits per heavy atom. The summed E-state index contributed by atoms with van der Waals surface area (Å²) in [6.45, 7) is 16.2. The summed E-state index contributed by atoms with van der Waals surface area (Å²) in [5.41, 5.74) is 6.15. The maximum absolute atomic E-state index is 4.04. The number of rotatable bonds is 6. The lowest BCUT2D eigenvalue weighted by Crippen LogP contribution is -1.92. The highest BCUT2D eigenvalue weighted by molar-refractivity contribution is 6.14. The fourth-order valence-corrected chi connectivity index (χ4v) is 5.07. The molecule has 0 aliphatic heterocycles. The fraction of sp³-hybridized carbons (Fsp3) is 0.179. The summed E-state index contributed by atoms with van der Waals surface area (Å²) in [5, 5.41) is 7.85. The minimum Gasteiger partial charge on any atom is -0.0984 e. The molecular formula is C39H42. The number of benzene rings is 5. The van der Waals surface area contributed by atoms with Gasteiger partial charge >= 0.3 is 0 Å². The molecule has 0 amide bonds. The summed E-state index contributed by atoms with van der Waals surface area (Å²) in [5.74, 6) is 0. The number of hydrogen-bond donors (Lipinski definition) is 0. The van der Waals surface area contributed by atoms with Crippen LogP contribution in [0.1, 0.15) is 63.8 Å². The molecule has 39 heavy (non-hydrogen) atoms. The lowest BCUT2D eigenvalue weighted by molar-refractivity contribution is 1.33. The van der Waals surface area contributed by atoms with Gasteiger partial charge in [0.1, 0.15) is 0 Å². The van der Waals surface area contributed by atoms with E-state index < -0.39 is 0 Å². The maximum atomic E-state index is 4.04. The van der Waals surface area contributed by atoms with Gasteiger partial charge in [-0.2, -0.15) is 0 Å². The fourth-order valence-electron chi connectivity index (χ4n) is 5.07. The Morgan fingerprint density at radius 2 is 1.33 bits per heavy atom. The van der Waals surface area contributed by atoms with Crippen molar-refractivity contribution in [1.82, 2.24) is 0 Å². The standard InChI is InChI=1S/C35H30.2C2H6/c1-4-11-26-17-18-29(23-25(26)6-3)27(12-5-2)19-21-33-32-16-10-8-14-30(32)24-35-31-15-9-7-13-28(31)20-22-34(33)35;2*1-2/h4-20,22-24H,3,21H2,1-2H3;2*1-2H3/b11-4-,12-5-,27-19+;;. The molecular weight excluding hydrogens is 468 g/mol. The third-order valence-electron chi connectivity index (χ3n) is 6.74. The van der Waals surface area contributed by atoms with Gasteiger partial charge in [0.05, 0.1) is 0 Å². The quantitative estimate of drug-likeness (QED) is 0.121. The molecule has 0 saturated carbocycles. The van der Waals surface area contributed by atoms with Crippen molar-refractivity contribution in [2.45, 2.75) is 48.0 Å². The molecule has 5 aromatic rings. The summed E-state index contributed by atoms with van der Waals surface area (Å²) >= 11 is 0. The van der Waals surface area contributed by atoms with Crippen molar-refractivity contribution in [3.63, 3.8) is 0 Å². The first-order valence-electron chi connectivity index (χ1n) is 14.3. The average Bonchev–Trinajstić information content (AvgIpc) is 3.01. The van der Waals surface area contributed by atoms with Gasteiger partial charge in [0.25, 0.3) is 0 Å². The lowest BCUT2D eigenvalue weighted by Gasteiger charge is -2.13. The van der Waals surface area contributed by atoms with Crippen molar-refractivity contribution in [3.05, 3.63) is 138 Å². The largest absolute Gasteiger partial charge is 0.0984 e. The Bertz CT molecular complexity index is 1640. The van der Waals surface area contributed by atoms with E-state index >= 15 is 0 Å². The van der Waals surface area contributed by atoms with Crippen molar-refractivity contribution >= 4 is 50.0 Å². The zero-order valence-electron chi connectivity index (χ0n) is 24.5. The van der Waals surface area contributed by atoms with E-state index in [1.54, 1.807) is 0 Å². The molecule has 5 rings (SSSR count). The van der Waals surface area contributed by atoms with Gasteiger partial charge in [-0.1, -0.05) is 144 Å². The third kappa shape index (κ3) is 6.47. The Labute approximate surface area is 235 Å². The average molecular weight is 511 g/mol. The van der Waals surface area contributed by atoms with E-state index in [9.17, 15) is 0 Å². The molecule has 0 spiro atoms. The molecule has 0 nitrogen and oxygen atoms in total. The topological polar surface area (TPSA) is 0 Å². The van der Waals surface area contributed by atoms with Crippen LogP contribution in [0.4, 0.5) is 0 Å². The van der Waals surface area contributed by atoms with E-state index in [0.29, 0.717) is 0 Å². The van der Waals surface area contributed by atoms with Gasteiger partial charge in [0.2, 0.25) is 0 Å². The van der Waals surface area contributed by atoms with Crippen molar-refractivity contribution < 1.29 is 0 Å². The van der Waals surface area contributed by atoms with E-state index in [4.69, 9.17) is 0 Å². The molecule has 198 valence electrons. The van der Waals surface area contributed by atoms with Crippen LogP contribution >= 0.6 is 0 Å². The van der Waals surface area contributed by atoms with Crippen molar-refractivity contribution in [3.8, 4) is 0 Å². The first-order valence-corrected chi connectivity index (χ1v) is 14.3. The predicted octanol–water partition coefficient (Wildman–Crippen LogP) is 12.1. The van der Waals surface area contributed by atoms with Gasteiger partial charge < -0.3 is 0 Å². The van der Waals surface area contributed by atoms with Crippen LogP contribution in [0.2, 0.25) is 0 Å². The molecule has 0 unspecified atom stereocenters. The van der Waals surface area contributed by atoms with Gasteiger partial charge in [0, 0.05) is 0 Å². The molecule has 5 aromatic carbocycles. The maximum Gasteiger partial charge on any atom is -0.00759 e. The molecule has 0 bridgehead atoms. The van der Waals surface area contributed by atoms with E-state index in [-0.39, 0.29) is 0 Å². The van der Waals surface area contributed by atoms with Crippen LogP contribution in [0.5, 0.6) is 0 Å². The van der Waals surface area contributed by atoms with Crippen LogP contribution in [0, 0.1) is 0 Å². The highest BCUT2D eigenvalue weighted by Gasteiger charge is 2.10. The van der Waals surface area contributed by atoms with Crippen molar-refractivity contribution in [2.75, 3.05) is 0 Å². The van der Waals surface area contributed by atoms with Gasteiger partial charge in [-0.05, 0) is 92.5 Å². The number of hydrogen-bond acceptors (Lipinski definition) is 0. The number of fused-ring (bicyclic) bond motifs is 4. The highest BCUT2D eigenvalue weighted by Crippen LogP contribution is 2.34. The third-order valence-corrected chi connectivity index (χ3v) is 6.74. The second-order valence-corrected chi connectivity index (χ2v) is 8.87. The van der Waals surface area contributed by atoms with Gasteiger partial charge in [-0.15, -0.1) is 0 Å². The smallest absolute Gasteiger partial charge is 0.00759 e. The summed E-state index contributed by atoms with van der Waals surface area (Å²) in [6, 6.07) is 31.0. The van der Waals surface area contributed by atoms with Crippen LogP contribution in [0.15, 0.2) is 116 Å². The van der Waals surface area contributed by atoms with Gasteiger partial charge in [0.15, 0.2) is 0 Å². The zero-order valence-corrected chi connectivity index (χ0v) is 24.5. The lowest BCUT2D eigenvalue weighted by atomic mass is 9.90. The van der Waals surface area contributed by atoms with Crippen LogP contribution < -0.4 is 0 Å². The molecule has 0 saturated heterocycles. The Balaban J connectivity index is 0.00000100. The molecule has 0 heterocycles. The van der Waals surface area contributed by atoms with Crippen LogP contribution in [0.25, 0.3) is 50.0 Å². The van der Waals surface area contributed by atoms with E-state index in [0.717, 1.165) is 12.0 Å². The van der Waals surface area contributed by atoms with E-state index in [1.807, 2.05) is 40.7 Å². The molecule has 0 fully saturated rings. The van der Waals surface area contributed by atoms with Gasteiger partial charge in [-0.3, -0.25) is 0 Å². The van der Waals surface area contributed by atoms with E-state index in [2.05, 4.69) is 129 Å². The van der Waals surface area contributed by atoms with Gasteiger partial charge in [-0.25, -0.2) is 0 Å². The first kappa shape index (κ1) is 29.4. The van der Waals surface area contributed by atoms with Crippen molar-refractivity contribution in [1.29, 1.82) is 0 Å². The summed E-state index contributed by atoms with van der Waals surface area (Å²) in [6.07, 6.45) is 13.7. The molecule has 0 N–H and O–H groups in total. The second-order valence-electron chi connectivity index (χ2n) is 8.87. The monoisotopic (exact) mass is 510 g/mol. The molecule has 0 aliphatic carbocycles. The summed E-state index contributed by atoms with van der Waals surface area (Å²) in [7, 11) is 0. The second kappa shape index (κ2) is 14.7. The summed E-state index contributed by atoms with van der Waals surface area (Å²) < 4.78 is 0. The zero-order chi connectivity index (χ0) is 28.2. The minimum atomic E-state index is 0.857. The SMILES string of the molecule is C=Cc1cc(C(/C=C\C)=C/Cc2c3ccccc3cc3c2ccc2ccccc23)ccc1/C=C\C.CC.CC. The van der Waals surface area contributed by atoms with Crippen LogP contribution in [-0.4, -0.2) is 0 Å². The summed E-state index contributed by atoms with van der Waals surface area (Å²) in [4.78, 5) is 0. The molecule has 0 atom stereocenters. The molecule has 0 heteroatoms. The van der Waals surface area contributed by atoms with Crippen molar-refractivity contribution in [2.24, 2.45) is 0 Å². The Kier molecular flexibility index (Phi) is 11.1. The molecule has 0 aliphatic rings. The normalized spacial score (nSPS) is 11.5.